The maximum absolute atomic E-state index is 14.4. The van der Waals surface area contributed by atoms with Crippen LogP contribution in [0.1, 0.15) is 38.8 Å². The SMILES string of the molecule is CCc1ncnc(N2CCN([C@@H](C)C(=O)N3CCCCC3)CC2)c1F. The van der Waals surface area contributed by atoms with E-state index in [2.05, 4.69) is 14.9 Å². The molecule has 0 aromatic carbocycles. The second-order valence-corrected chi connectivity index (χ2v) is 6.90. The van der Waals surface area contributed by atoms with Gasteiger partial charge in [-0.3, -0.25) is 9.69 Å². The number of piperidine rings is 1. The van der Waals surface area contributed by atoms with Gasteiger partial charge in [-0.2, -0.15) is 0 Å². The number of nitrogens with zero attached hydrogens (tertiary/aromatic N) is 5. The molecule has 0 radical (unpaired) electrons. The third-order valence-electron chi connectivity index (χ3n) is 5.36. The predicted molar refractivity (Wildman–Crippen MR) is 95.0 cm³/mol. The number of amides is 1. The van der Waals surface area contributed by atoms with Gasteiger partial charge in [-0.25, -0.2) is 14.4 Å². The van der Waals surface area contributed by atoms with Crippen LogP contribution in [0.4, 0.5) is 10.2 Å². The quantitative estimate of drug-likeness (QED) is 0.828. The van der Waals surface area contributed by atoms with Crippen LogP contribution in [0.3, 0.4) is 0 Å². The molecule has 1 atom stereocenters. The first-order valence-corrected chi connectivity index (χ1v) is 9.39. The highest BCUT2D eigenvalue weighted by molar-refractivity contribution is 5.81. The van der Waals surface area contributed by atoms with E-state index in [0.29, 0.717) is 31.0 Å². The summed E-state index contributed by atoms with van der Waals surface area (Å²) in [6.45, 7) is 8.49. The number of aryl methyl sites for hydroxylation is 1. The van der Waals surface area contributed by atoms with Crippen molar-refractivity contribution in [1.82, 2.24) is 19.8 Å². The Kier molecular flexibility index (Phi) is 5.83. The molecule has 0 spiro atoms. The number of carbonyl (C=O) groups is 1. The molecule has 0 saturated carbocycles. The van der Waals surface area contributed by atoms with Crippen molar-refractivity contribution in [3.05, 3.63) is 17.8 Å². The summed E-state index contributed by atoms with van der Waals surface area (Å²) in [5.41, 5.74) is 0.459. The van der Waals surface area contributed by atoms with Crippen molar-refractivity contribution in [3.63, 3.8) is 0 Å². The molecule has 25 heavy (non-hydrogen) atoms. The standard InChI is InChI=1S/C18H28FN5O/c1-3-15-16(19)17(21-13-20-15)23-11-9-22(10-12-23)14(2)18(25)24-7-5-4-6-8-24/h13-14H,3-12H2,1-2H3/t14-/m0/s1. The van der Waals surface area contributed by atoms with Crippen LogP contribution in [0.5, 0.6) is 0 Å². The Morgan fingerprint density at radius 1 is 1.12 bits per heavy atom. The molecule has 2 saturated heterocycles. The Labute approximate surface area is 149 Å². The van der Waals surface area contributed by atoms with Gasteiger partial charge in [0, 0.05) is 39.3 Å². The van der Waals surface area contributed by atoms with Crippen LogP contribution in [0.25, 0.3) is 0 Å². The molecule has 0 unspecified atom stereocenters. The summed E-state index contributed by atoms with van der Waals surface area (Å²) in [6, 6.07) is -0.110. The average Bonchev–Trinajstić information content (AvgIpc) is 2.68. The van der Waals surface area contributed by atoms with Gasteiger partial charge in [0.25, 0.3) is 0 Å². The molecule has 6 nitrogen and oxygen atoms in total. The monoisotopic (exact) mass is 349 g/mol. The lowest BCUT2D eigenvalue weighted by molar-refractivity contribution is -0.137. The summed E-state index contributed by atoms with van der Waals surface area (Å²) in [5.74, 6) is 0.312. The lowest BCUT2D eigenvalue weighted by atomic mass is 10.1. The first-order valence-electron chi connectivity index (χ1n) is 9.39. The second-order valence-electron chi connectivity index (χ2n) is 6.90. The maximum Gasteiger partial charge on any atom is 0.239 e. The zero-order valence-corrected chi connectivity index (χ0v) is 15.2. The van der Waals surface area contributed by atoms with Gasteiger partial charge in [-0.15, -0.1) is 0 Å². The summed E-state index contributed by atoms with van der Waals surface area (Å²) in [5, 5.41) is 0. The fourth-order valence-electron chi connectivity index (χ4n) is 3.72. The predicted octanol–water partition coefficient (Wildman–Crippen LogP) is 1.70. The normalized spacial score (nSPS) is 20.6. The number of piperazine rings is 1. The van der Waals surface area contributed by atoms with Gasteiger partial charge in [-0.05, 0) is 32.6 Å². The van der Waals surface area contributed by atoms with E-state index in [1.54, 1.807) is 0 Å². The molecular formula is C18H28FN5O. The molecule has 0 bridgehead atoms. The molecule has 1 amide bonds. The summed E-state index contributed by atoms with van der Waals surface area (Å²) in [4.78, 5) is 27.0. The minimum atomic E-state index is -0.309. The first-order chi connectivity index (χ1) is 12.1. The van der Waals surface area contributed by atoms with Crippen molar-refractivity contribution in [2.24, 2.45) is 0 Å². The van der Waals surface area contributed by atoms with Crippen LogP contribution in [0, 0.1) is 5.82 Å². The molecule has 0 aliphatic carbocycles. The Hall–Kier alpha value is -1.76. The molecule has 1 aromatic rings. The third kappa shape index (κ3) is 3.92. The zero-order chi connectivity index (χ0) is 17.8. The minimum Gasteiger partial charge on any atom is -0.352 e. The smallest absolute Gasteiger partial charge is 0.239 e. The molecule has 0 N–H and O–H groups in total. The number of hydrogen-bond acceptors (Lipinski definition) is 5. The van der Waals surface area contributed by atoms with E-state index in [9.17, 15) is 9.18 Å². The summed E-state index contributed by atoms with van der Waals surface area (Å²) < 4.78 is 14.4. The van der Waals surface area contributed by atoms with Crippen LogP contribution in [-0.2, 0) is 11.2 Å². The number of likely N-dealkylation sites (tertiary alicyclic amines) is 1. The van der Waals surface area contributed by atoms with Crippen LogP contribution in [0.15, 0.2) is 6.33 Å². The molecule has 3 rings (SSSR count). The molecular weight excluding hydrogens is 321 g/mol. The number of aromatic nitrogens is 2. The number of carbonyl (C=O) groups excluding carboxylic acids is 1. The van der Waals surface area contributed by atoms with Crippen molar-refractivity contribution >= 4 is 11.7 Å². The topological polar surface area (TPSA) is 52.6 Å². The molecule has 3 heterocycles. The average molecular weight is 349 g/mol. The van der Waals surface area contributed by atoms with E-state index in [4.69, 9.17) is 0 Å². The zero-order valence-electron chi connectivity index (χ0n) is 15.2. The van der Waals surface area contributed by atoms with E-state index in [1.165, 1.54) is 12.7 Å². The van der Waals surface area contributed by atoms with Gasteiger partial charge in [0.15, 0.2) is 11.6 Å². The number of rotatable bonds is 4. The highest BCUT2D eigenvalue weighted by Gasteiger charge is 2.30. The van der Waals surface area contributed by atoms with Crippen molar-refractivity contribution in [2.45, 2.75) is 45.6 Å². The van der Waals surface area contributed by atoms with Gasteiger partial charge >= 0.3 is 0 Å². The van der Waals surface area contributed by atoms with E-state index in [1.807, 2.05) is 23.6 Å². The fourth-order valence-corrected chi connectivity index (χ4v) is 3.72. The second kappa shape index (κ2) is 8.08. The Bertz CT molecular complexity index is 597. The van der Waals surface area contributed by atoms with E-state index in [0.717, 1.165) is 39.0 Å². The summed E-state index contributed by atoms with van der Waals surface area (Å²) >= 11 is 0. The van der Waals surface area contributed by atoms with Gasteiger partial charge in [0.05, 0.1) is 11.7 Å². The maximum atomic E-state index is 14.4. The third-order valence-corrected chi connectivity index (χ3v) is 5.36. The molecule has 2 fully saturated rings. The summed E-state index contributed by atoms with van der Waals surface area (Å²) in [7, 11) is 0. The van der Waals surface area contributed by atoms with E-state index >= 15 is 0 Å². The Morgan fingerprint density at radius 3 is 2.44 bits per heavy atom. The fraction of sp³-hybridized carbons (Fsp3) is 0.722. The minimum absolute atomic E-state index is 0.110. The van der Waals surface area contributed by atoms with Gasteiger partial charge in [0.2, 0.25) is 5.91 Å². The lowest BCUT2D eigenvalue weighted by Crippen LogP contribution is -2.55. The van der Waals surface area contributed by atoms with Crippen LogP contribution in [-0.4, -0.2) is 71.0 Å². The van der Waals surface area contributed by atoms with Crippen molar-refractivity contribution < 1.29 is 9.18 Å². The highest BCUT2D eigenvalue weighted by atomic mass is 19.1. The van der Waals surface area contributed by atoms with Crippen LogP contribution >= 0.6 is 0 Å². The summed E-state index contributed by atoms with van der Waals surface area (Å²) in [6.07, 6.45) is 5.44. The van der Waals surface area contributed by atoms with E-state index < -0.39 is 0 Å². The molecule has 2 aliphatic rings. The molecule has 7 heteroatoms. The van der Waals surface area contributed by atoms with Gasteiger partial charge in [-0.1, -0.05) is 6.92 Å². The number of hydrogen-bond donors (Lipinski definition) is 0. The van der Waals surface area contributed by atoms with Crippen molar-refractivity contribution in [3.8, 4) is 0 Å². The lowest BCUT2D eigenvalue weighted by Gasteiger charge is -2.40. The molecule has 1 aromatic heterocycles. The number of anilines is 1. The van der Waals surface area contributed by atoms with Gasteiger partial charge < -0.3 is 9.80 Å². The Morgan fingerprint density at radius 2 is 1.80 bits per heavy atom. The number of halogens is 1. The van der Waals surface area contributed by atoms with Crippen LogP contribution < -0.4 is 4.90 Å². The first kappa shape index (κ1) is 18.0. The van der Waals surface area contributed by atoms with Gasteiger partial charge in [0.1, 0.15) is 6.33 Å². The molecule has 2 aliphatic heterocycles. The largest absolute Gasteiger partial charge is 0.352 e. The van der Waals surface area contributed by atoms with Crippen molar-refractivity contribution in [1.29, 1.82) is 0 Å². The van der Waals surface area contributed by atoms with Crippen molar-refractivity contribution in [2.75, 3.05) is 44.2 Å². The Balaban J connectivity index is 1.59. The highest BCUT2D eigenvalue weighted by Crippen LogP contribution is 2.21. The van der Waals surface area contributed by atoms with E-state index in [-0.39, 0.29) is 17.8 Å². The molecule has 138 valence electrons. The van der Waals surface area contributed by atoms with Crippen LogP contribution in [0.2, 0.25) is 0 Å².